The maximum absolute atomic E-state index is 12.3. The van der Waals surface area contributed by atoms with Gasteiger partial charge in [-0.2, -0.15) is 0 Å². The van der Waals surface area contributed by atoms with E-state index in [4.69, 9.17) is 9.47 Å². The monoisotopic (exact) mass is 528 g/mol. The van der Waals surface area contributed by atoms with Gasteiger partial charge in [0.2, 0.25) is 0 Å². The van der Waals surface area contributed by atoms with Gasteiger partial charge in [0, 0.05) is 12.3 Å². The Morgan fingerprint density at radius 3 is 1.67 bits per heavy atom. The topological polar surface area (TPSA) is 114 Å². The van der Waals surface area contributed by atoms with Crippen LogP contribution in [0.5, 0.6) is 0 Å². The predicted octanol–water partition coefficient (Wildman–Crippen LogP) is 3.09. The third-order valence-electron chi connectivity index (χ3n) is 7.30. The number of nitrogens with zero attached hydrogens (tertiary/aromatic N) is 1. The molecule has 202 valence electrons. The number of aliphatic hydroxyl groups is 2. The number of H-pyrrole nitrogens is 1. The molecule has 1 aromatic heterocycles. The van der Waals surface area contributed by atoms with Crippen LogP contribution in [-0.4, -0.2) is 44.7 Å². The molecule has 1 saturated heterocycles. The molecule has 4 aromatic rings. The van der Waals surface area contributed by atoms with E-state index in [-0.39, 0.29) is 6.61 Å². The Kier molecular flexibility index (Phi) is 7.38. The fourth-order valence-corrected chi connectivity index (χ4v) is 5.05. The van der Waals surface area contributed by atoms with Gasteiger partial charge in [-0.15, -0.1) is 0 Å². The van der Waals surface area contributed by atoms with Gasteiger partial charge < -0.3 is 19.7 Å². The van der Waals surface area contributed by atoms with Gasteiger partial charge in [0.05, 0.1) is 6.61 Å². The Labute approximate surface area is 226 Å². The van der Waals surface area contributed by atoms with Crippen LogP contribution >= 0.6 is 0 Å². The van der Waals surface area contributed by atoms with Gasteiger partial charge in [-0.25, -0.2) is 4.79 Å². The van der Waals surface area contributed by atoms with Crippen LogP contribution in [0.25, 0.3) is 0 Å². The molecule has 0 bridgehead atoms. The minimum Gasteiger partial charge on any atom is -0.387 e. The number of hydrogen-bond donors (Lipinski definition) is 3. The van der Waals surface area contributed by atoms with Gasteiger partial charge in [-0.05, 0) is 37.5 Å². The maximum atomic E-state index is 12.3. The van der Waals surface area contributed by atoms with Crippen LogP contribution in [0.1, 0.15) is 39.6 Å². The van der Waals surface area contributed by atoms with Crippen molar-refractivity contribution in [2.45, 2.75) is 50.9 Å². The standard InChI is InChI=1S/C31H32N2O6/c1-19-4-10-22(11-5-19)31(23-12-6-20(2)7-13-23,24-14-8-21(3)9-15-24)38-18-25-27(35)28(36)29(39-25)33-17-16-26(34)32-30(33)37/h4-17,25,27-29,35-36H,18H2,1-3H3,(H,32,34,37)/t25-,27-,28+,29-/m1/s1. The van der Waals surface area contributed by atoms with E-state index in [1.54, 1.807) is 0 Å². The third-order valence-corrected chi connectivity index (χ3v) is 7.30. The number of nitrogens with one attached hydrogen (secondary N) is 1. The van der Waals surface area contributed by atoms with Crippen molar-refractivity contribution in [1.82, 2.24) is 9.55 Å². The van der Waals surface area contributed by atoms with Gasteiger partial charge in [-0.3, -0.25) is 14.3 Å². The van der Waals surface area contributed by atoms with E-state index in [2.05, 4.69) is 4.98 Å². The summed E-state index contributed by atoms with van der Waals surface area (Å²) in [5.41, 5.74) is 3.62. The van der Waals surface area contributed by atoms with Crippen LogP contribution in [0.15, 0.2) is 94.6 Å². The molecular weight excluding hydrogens is 496 g/mol. The average molecular weight is 529 g/mol. The van der Waals surface area contributed by atoms with E-state index >= 15 is 0 Å². The molecule has 3 aromatic carbocycles. The Balaban J connectivity index is 1.56. The average Bonchev–Trinajstić information content (AvgIpc) is 3.20. The Morgan fingerprint density at radius 1 is 0.769 bits per heavy atom. The molecule has 1 aliphatic rings. The summed E-state index contributed by atoms with van der Waals surface area (Å²) < 4.78 is 13.8. The molecule has 8 heteroatoms. The Morgan fingerprint density at radius 2 is 1.23 bits per heavy atom. The zero-order valence-corrected chi connectivity index (χ0v) is 22.1. The summed E-state index contributed by atoms with van der Waals surface area (Å²) in [7, 11) is 0. The molecular formula is C31H32N2O6. The number of aryl methyl sites for hydroxylation is 3. The molecule has 1 aliphatic heterocycles. The number of rotatable bonds is 7. The highest BCUT2D eigenvalue weighted by molar-refractivity contribution is 5.49. The number of aromatic nitrogens is 2. The van der Waals surface area contributed by atoms with E-state index in [1.165, 1.54) is 6.20 Å². The maximum Gasteiger partial charge on any atom is 0.330 e. The molecule has 5 rings (SSSR count). The second-order valence-corrected chi connectivity index (χ2v) is 10.2. The highest BCUT2D eigenvalue weighted by Crippen LogP contribution is 2.42. The first-order valence-corrected chi connectivity index (χ1v) is 12.9. The lowest BCUT2D eigenvalue weighted by Crippen LogP contribution is -2.40. The van der Waals surface area contributed by atoms with Crippen molar-refractivity contribution in [2.75, 3.05) is 6.61 Å². The van der Waals surface area contributed by atoms with E-state index in [9.17, 15) is 19.8 Å². The molecule has 2 heterocycles. The number of ether oxygens (including phenoxy) is 2. The van der Waals surface area contributed by atoms with Crippen LogP contribution in [-0.2, 0) is 15.1 Å². The second kappa shape index (κ2) is 10.7. The normalized spacial score (nSPS) is 21.3. The number of aromatic amines is 1. The van der Waals surface area contributed by atoms with E-state index in [1.807, 2.05) is 93.6 Å². The predicted molar refractivity (Wildman–Crippen MR) is 147 cm³/mol. The van der Waals surface area contributed by atoms with Gasteiger partial charge in [0.1, 0.15) is 23.9 Å². The van der Waals surface area contributed by atoms with Gasteiger partial charge >= 0.3 is 5.69 Å². The molecule has 0 unspecified atom stereocenters. The summed E-state index contributed by atoms with van der Waals surface area (Å²) in [4.78, 5) is 26.0. The van der Waals surface area contributed by atoms with Crippen molar-refractivity contribution in [2.24, 2.45) is 0 Å². The van der Waals surface area contributed by atoms with E-state index in [0.29, 0.717) is 0 Å². The van der Waals surface area contributed by atoms with E-state index in [0.717, 1.165) is 44.0 Å². The Hall–Kier alpha value is -3.82. The van der Waals surface area contributed by atoms with Crippen molar-refractivity contribution >= 4 is 0 Å². The molecule has 39 heavy (non-hydrogen) atoms. The van der Waals surface area contributed by atoms with Crippen LogP contribution in [0.2, 0.25) is 0 Å². The lowest BCUT2D eigenvalue weighted by Gasteiger charge is -2.37. The zero-order valence-electron chi connectivity index (χ0n) is 22.1. The van der Waals surface area contributed by atoms with E-state index < -0.39 is 41.4 Å². The summed E-state index contributed by atoms with van der Waals surface area (Å²) >= 11 is 0. The van der Waals surface area contributed by atoms with Crippen LogP contribution in [0, 0.1) is 20.8 Å². The molecule has 1 fully saturated rings. The minimum absolute atomic E-state index is 0.0948. The molecule has 0 radical (unpaired) electrons. The summed E-state index contributed by atoms with van der Waals surface area (Å²) in [5, 5.41) is 21.7. The third kappa shape index (κ3) is 5.12. The quantitative estimate of drug-likeness (QED) is 0.318. The zero-order chi connectivity index (χ0) is 27.7. The SMILES string of the molecule is Cc1ccc(C(OC[C@H]2O[C@@H](n3ccc(=O)[nH]c3=O)[C@@H](O)[C@@H]2O)(c2ccc(C)cc2)c2ccc(C)cc2)cc1. The summed E-state index contributed by atoms with van der Waals surface area (Å²) in [6.45, 7) is 5.97. The largest absolute Gasteiger partial charge is 0.387 e. The van der Waals surface area contributed by atoms with Crippen molar-refractivity contribution in [3.63, 3.8) is 0 Å². The van der Waals surface area contributed by atoms with Crippen molar-refractivity contribution < 1.29 is 19.7 Å². The highest BCUT2D eigenvalue weighted by Gasteiger charge is 2.46. The number of aliphatic hydroxyl groups excluding tert-OH is 2. The van der Waals surface area contributed by atoms with Crippen LogP contribution in [0.3, 0.4) is 0 Å². The summed E-state index contributed by atoms with van der Waals surface area (Å²) in [6, 6.07) is 25.5. The van der Waals surface area contributed by atoms with Crippen LogP contribution in [0.4, 0.5) is 0 Å². The Bertz CT molecular complexity index is 1430. The smallest absolute Gasteiger partial charge is 0.330 e. The molecule has 0 spiro atoms. The van der Waals surface area contributed by atoms with Gasteiger partial charge in [0.25, 0.3) is 5.56 Å². The van der Waals surface area contributed by atoms with Gasteiger partial charge in [-0.1, -0.05) is 89.5 Å². The molecule has 4 atom stereocenters. The fourth-order valence-electron chi connectivity index (χ4n) is 5.05. The lowest BCUT2D eigenvalue weighted by atomic mass is 9.79. The first kappa shape index (κ1) is 26.8. The second-order valence-electron chi connectivity index (χ2n) is 10.2. The van der Waals surface area contributed by atoms with Crippen molar-refractivity contribution in [1.29, 1.82) is 0 Å². The molecule has 8 nitrogen and oxygen atoms in total. The van der Waals surface area contributed by atoms with Crippen molar-refractivity contribution in [3.05, 3.63) is 139 Å². The number of benzene rings is 3. The summed E-state index contributed by atoms with van der Waals surface area (Å²) in [6.07, 6.45) is -3.65. The lowest BCUT2D eigenvalue weighted by molar-refractivity contribution is -0.0958. The van der Waals surface area contributed by atoms with Gasteiger partial charge in [0.15, 0.2) is 6.23 Å². The molecule has 0 saturated carbocycles. The number of hydrogen-bond acceptors (Lipinski definition) is 6. The minimum atomic E-state index is -1.41. The summed E-state index contributed by atoms with van der Waals surface area (Å²) in [5.74, 6) is 0. The molecule has 0 aliphatic carbocycles. The first-order valence-electron chi connectivity index (χ1n) is 12.9. The molecule has 3 N–H and O–H groups in total. The first-order chi connectivity index (χ1) is 18.7. The van der Waals surface area contributed by atoms with Crippen molar-refractivity contribution in [3.8, 4) is 0 Å². The highest BCUT2D eigenvalue weighted by atomic mass is 16.6. The fraction of sp³-hybridized carbons (Fsp3) is 0.290. The molecule has 0 amide bonds. The van der Waals surface area contributed by atoms with Crippen LogP contribution < -0.4 is 11.2 Å².